The smallest absolute Gasteiger partial charge is 0.354 e. The van der Waals surface area contributed by atoms with Crippen LogP contribution in [0.4, 0.5) is 13.2 Å². The van der Waals surface area contributed by atoms with Crippen LogP contribution in [0.5, 0.6) is 0 Å². The predicted octanol–water partition coefficient (Wildman–Crippen LogP) is 4.50. The minimum atomic E-state index is -4.74. The van der Waals surface area contributed by atoms with Gasteiger partial charge in [-0.15, -0.1) is 0 Å². The Kier molecular flexibility index (Phi) is 27.0. The molecule has 9 atom stereocenters. The molecule has 4 N–H and O–H groups in total. The lowest BCUT2D eigenvalue weighted by Gasteiger charge is -2.35. The van der Waals surface area contributed by atoms with Gasteiger partial charge in [-0.3, -0.25) is 52.7 Å². The number of amides is 11. The lowest BCUT2D eigenvalue weighted by atomic mass is 9.95. The van der Waals surface area contributed by atoms with E-state index < -0.39 is 143 Å². The van der Waals surface area contributed by atoms with Crippen molar-refractivity contribution < 1.29 is 65.9 Å². The Labute approximate surface area is 532 Å². The molecule has 3 aliphatic rings. The van der Waals surface area contributed by atoms with E-state index in [0.717, 1.165) is 45.2 Å². The molecule has 498 valence electrons. The molecule has 0 radical (unpaired) electrons. The highest BCUT2D eigenvalue weighted by molar-refractivity contribution is 6.31. The number of carbonyl (C=O) groups excluding carboxylic acids is 11. The first-order valence-electron chi connectivity index (χ1n) is 31.2. The van der Waals surface area contributed by atoms with Crippen molar-refractivity contribution in [2.75, 3.05) is 68.5 Å². The Morgan fingerprint density at radius 2 is 1.28 bits per heavy atom. The van der Waals surface area contributed by atoms with Crippen molar-refractivity contribution in [2.45, 2.75) is 186 Å². The second-order valence-corrected chi connectivity index (χ2v) is 25.2. The molecule has 0 spiro atoms. The van der Waals surface area contributed by atoms with Crippen LogP contribution < -0.4 is 21.3 Å². The lowest BCUT2D eigenvalue weighted by molar-refractivity contribution is -0.149. The van der Waals surface area contributed by atoms with Gasteiger partial charge < -0.3 is 55.6 Å². The van der Waals surface area contributed by atoms with Gasteiger partial charge in [0.25, 0.3) is 0 Å². The average Bonchev–Trinajstić information content (AvgIpc) is 1.60. The normalized spacial score (nSPS) is 25.9. The first kappa shape index (κ1) is 73.4. The summed E-state index contributed by atoms with van der Waals surface area (Å²) in [5, 5.41) is 10.8. The third-order valence-electron chi connectivity index (χ3n) is 18.1. The molecule has 0 unspecified atom stereocenters. The summed E-state index contributed by atoms with van der Waals surface area (Å²) in [6.07, 6.45) is -0.181. The molecule has 2 saturated heterocycles. The maximum atomic E-state index is 14.8. The highest BCUT2D eigenvalue weighted by atomic mass is 35.5. The van der Waals surface area contributed by atoms with E-state index in [4.69, 9.17) is 11.6 Å². The van der Waals surface area contributed by atoms with Gasteiger partial charge in [0.2, 0.25) is 65.0 Å². The average molecular weight is 1280 g/mol. The van der Waals surface area contributed by atoms with Crippen molar-refractivity contribution in [3.05, 3.63) is 69.7 Å². The number of nitrogens with one attached hydrogen (secondary N) is 4. The molecule has 26 heteroatoms. The molecule has 2 aliphatic heterocycles. The fraction of sp³-hybridized carbons (Fsp3) is 0.641. The largest absolute Gasteiger partial charge is 0.417 e. The number of nitrogens with zero attached hydrogens (tertiary/aromatic N) is 7. The van der Waals surface area contributed by atoms with Crippen LogP contribution in [0.2, 0.25) is 5.02 Å². The molecular weight excluding hydrogens is 1190 g/mol. The minimum absolute atomic E-state index is 0.0373. The van der Waals surface area contributed by atoms with Crippen molar-refractivity contribution in [1.82, 2.24) is 55.6 Å². The number of benzene rings is 2. The molecule has 1 saturated carbocycles. The van der Waals surface area contributed by atoms with Gasteiger partial charge >= 0.3 is 6.18 Å². The maximum Gasteiger partial charge on any atom is 0.417 e. The van der Waals surface area contributed by atoms with Crippen LogP contribution in [0.25, 0.3) is 0 Å². The number of carbonyl (C=O) groups is 11. The Balaban J connectivity index is 1.46. The van der Waals surface area contributed by atoms with E-state index in [1.807, 2.05) is 26.0 Å². The third-order valence-corrected chi connectivity index (χ3v) is 18.4. The van der Waals surface area contributed by atoms with Crippen LogP contribution in [-0.2, 0) is 71.8 Å². The Hall–Kier alpha value is -7.31. The van der Waals surface area contributed by atoms with E-state index in [0.29, 0.717) is 49.7 Å². The predicted molar refractivity (Wildman–Crippen MR) is 332 cm³/mol. The van der Waals surface area contributed by atoms with E-state index >= 15 is 0 Å². The van der Waals surface area contributed by atoms with Gasteiger partial charge in [0.05, 0.1) is 23.7 Å². The van der Waals surface area contributed by atoms with Crippen molar-refractivity contribution in [3.8, 4) is 0 Å². The van der Waals surface area contributed by atoms with Gasteiger partial charge in [-0.25, -0.2) is 0 Å². The Morgan fingerprint density at radius 1 is 0.633 bits per heavy atom. The second-order valence-electron chi connectivity index (χ2n) is 24.8. The van der Waals surface area contributed by atoms with Gasteiger partial charge in [0.15, 0.2) is 0 Å². The number of halogens is 4. The molecule has 5 rings (SSSR count). The molecular formula is C64H93ClF3N11O11. The van der Waals surface area contributed by atoms with Gasteiger partial charge in [-0.05, 0) is 114 Å². The SMILES string of the molecule is CC[C@H](C)[C@@H]1NC(=O)[C@H](C)N(C)C(=O)C[C@@H](C)NC(=O)[C@H](C2CCCC2)N(C)C(=O)CCCCNC(=O)[C@@H]2CCCN2C(=O)[C@H](CCc2ccc(C(F)(F)F)c(Cl)c2)NC(=O)[C@@H](C)N(C)C(=O)[C@H](Cc2cccc(C)c2)N(C)C(=O)CN(C)C(=O)CN(C)C1=O. The van der Waals surface area contributed by atoms with Gasteiger partial charge in [0.1, 0.15) is 42.3 Å². The molecule has 22 nitrogen and oxygen atoms in total. The van der Waals surface area contributed by atoms with Crippen LogP contribution >= 0.6 is 11.6 Å². The standard InChI is InChI=1S/C64H93ClF3N11O11/c1-13-39(3)55-63(90)74(8)36-53(82)73(7)37-54(83)77(11)50(35-44-21-18-20-38(2)32-44)62(89)76(10)42(6)57(84)71-48(29-27-43-26-28-46(47(65)34-43)64(66,67)68)61(88)79-31-19-24-49(79)59(86)69-30-17-16-25-51(80)78(12)56(45-22-14-15-23-45)60(87)70-40(4)33-52(81)75(9)41(5)58(85)72-55/h18,20-21,26,28,32,34,39-42,45,48-50,55-56H,13-17,19,22-25,27,29-31,33,35-37H2,1-12H3,(H,69,86)(H,70,87)(H,71,84)(H,72,85)/t39-,40+,41-,42+,48-,49-,50-,55-,56-/m0/s1. The second kappa shape index (κ2) is 33.1. The van der Waals surface area contributed by atoms with Crippen LogP contribution in [0.15, 0.2) is 42.5 Å². The van der Waals surface area contributed by atoms with Crippen molar-refractivity contribution >= 4 is 76.6 Å². The highest BCUT2D eigenvalue weighted by Crippen LogP contribution is 2.36. The molecule has 3 fully saturated rings. The third kappa shape index (κ3) is 19.6. The summed E-state index contributed by atoms with van der Waals surface area (Å²) in [6.45, 7) is 9.17. The van der Waals surface area contributed by atoms with E-state index in [9.17, 15) is 65.9 Å². The number of hydrogen-bond acceptors (Lipinski definition) is 11. The highest BCUT2D eigenvalue weighted by Gasteiger charge is 2.42. The van der Waals surface area contributed by atoms with E-state index in [-0.39, 0.29) is 63.4 Å². The Morgan fingerprint density at radius 3 is 1.91 bits per heavy atom. The van der Waals surface area contributed by atoms with Gasteiger partial charge in [0, 0.05) is 80.7 Å². The molecule has 0 aromatic heterocycles. The fourth-order valence-electron chi connectivity index (χ4n) is 11.8. The summed E-state index contributed by atoms with van der Waals surface area (Å²) < 4.78 is 41.1. The number of aryl methyl sites for hydroxylation is 2. The molecule has 90 heavy (non-hydrogen) atoms. The zero-order chi connectivity index (χ0) is 67.1. The number of fused-ring (bicyclic) bond motifs is 1. The van der Waals surface area contributed by atoms with Gasteiger partial charge in [-0.1, -0.05) is 80.6 Å². The summed E-state index contributed by atoms with van der Waals surface area (Å²) in [7, 11) is 8.47. The van der Waals surface area contributed by atoms with Crippen molar-refractivity contribution in [1.29, 1.82) is 0 Å². The quantitative estimate of drug-likeness (QED) is 0.286. The van der Waals surface area contributed by atoms with E-state index in [2.05, 4.69) is 21.3 Å². The fourth-order valence-corrected chi connectivity index (χ4v) is 12.1. The first-order valence-corrected chi connectivity index (χ1v) is 31.6. The van der Waals surface area contributed by atoms with Crippen molar-refractivity contribution in [3.63, 3.8) is 0 Å². The van der Waals surface area contributed by atoms with E-state index in [1.54, 1.807) is 33.0 Å². The number of hydrogen-bond donors (Lipinski definition) is 4. The molecule has 2 aromatic rings. The summed E-state index contributed by atoms with van der Waals surface area (Å²) in [5.41, 5.74) is 0.775. The number of alkyl halides is 3. The van der Waals surface area contributed by atoms with Crippen LogP contribution in [0, 0.1) is 18.8 Å². The molecule has 1 aliphatic carbocycles. The summed E-state index contributed by atoms with van der Waals surface area (Å²) in [4.78, 5) is 164. The lowest BCUT2D eigenvalue weighted by Crippen LogP contribution is -2.58. The number of rotatable bonds is 8. The zero-order valence-corrected chi connectivity index (χ0v) is 54.9. The molecule has 2 aromatic carbocycles. The maximum absolute atomic E-state index is 14.8. The molecule has 2 heterocycles. The van der Waals surface area contributed by atoms with Crippen molar-refractivity contribution in [2.24, 2.45) is 11.8 Å². The van der Waals surface area contributed by atoms with Gasteiger partial charge in [-0.2, -0.15) is 13.2 Å². The van der Waals surface area contributed by atoms with Crippen LogP contribution in [-0.4, -0.2) is 216 Å². The summed E-state index contributed by atoms with van der Waals surface area (Å²) in [6, 6.07) is 1.69. The monoisotopic (exact) mass is 1280 g/mol. The minimum Gasteiger partial charge on any atom is -0.354 e. The molecule has 0 bridgehead atoms. The first-order chi connectivity index (χ1) is 42.3. The van der Waals surface area contributed by atoms with Crippen LogP contribution in [0.1, 0.15) is 134 Å². The summed E-state index contributed by atoms with van der Waals surface area (Å²) >= 11 is 6.09. The Bertz CT molecular complexity index is 2930. The summed E-state index contributed by atoms with van der Waals surface area (Å²) in [5.74, 6) is -7.04. The van der Waals surface area contributed by atoms with Crippen LogP contribution in [0.3, 0.4) is 0 Å². The van der Waals surface area contributed by atoms with E-state index in [1.165, 1.54) is 74.8 Å². The molecule has 11 amide bonds. The zero-order valence-electron chi connectivity index (χ0n) is 54.2. The topological polar surface area (TPSA) is 259 Å². The number of likely N-dealkylation sites (N-methyl/N-ethyl adjacent to an activating group) is 6.